The molecule has 0 spiro atoms. The summed E-state index contributed by atoms with van der Waals surface area (Å²) in [4.78, 5) is 31.3. The Kier molecular flexibility index (Phi) is 7.13. The number of carbonyl (C=O) groups is 2. The number of hydrogen-bond donors (Lipinski definition) is 1. The highest BCUT2D eigenvalue weighted by atomic mass is 16.6. The van der Waals surface area contributed by atoms with Crippen LogP contribution in [-0.2, 0) is 14.3 Å². The van der Waals surface area contributed by atoms with Gasteiger partial charge >= 0.3 is 12.1 Å². The lowest BCUT2D eigenvalue weighted by Gasteiger charge is -2.51. The number of fused-ring (bicyclic) bond motifs is 4. The van der Waals surface area contributed by atoms with Crippen LogP contribution >= 0.6 is 0 Å². The van der Waals surface area contributed by atoms with E-state index in [1.807, 2.05) is 30.3 Å². The number of ether oxygens (including phenoxy) is 3. The van der Waals surface area contributed by atoms with E-state index in [4.69, 9.17) is 14.2 Å². The molecule has 1 aromatic heterocycles. The number of piperidine rings is 3. The van der Waals surface area contributed by atoms with Gasteiger partial charge in [0.1, 0.15) is 18.4 Å². The Bertz CT molecular complexity index is 1030. The van der Waals surface area contributed by atoms with Crippen LogP contribution in [0.15, 0.2) is 43.1 Å². The lowest BCUT2D eigenvalue weighted by Crippen LogP contribution is -2.55. The molecule has 1 amide bonds. The smallest absolute Gasteiger partial charge is 0.408 e. The molecule has 1 aromatic carbocycles. The predicted octanol–water partition coefficient (Wildman–Crippen LogP) is 3.47. The van der Waals surface area contributed by atoms with E-state index >= 15 is 0 Å². The van der Waals surface area contributed by atoms with Crippen LogP contribution in [-0.4, -0.2) is 61.3 Å². The monoisotopic (exact) mass is 453 g/mol. The lowest BCUT2D eigenvalue weighted by atomic mass is 9.73. The van der Waals surface area contributed by atoms with Crippen molar-refractivity contribution in [1.82, 2.24) is 15.2 Å². The normalized spacial score (nSPS) is 24.7. The third kappa shape index (κ3) is 4.95. The highest BCUT2D eigenvalue weighted by Crippen LogP contribution is 2.43. The topological polar surface area (TPSA) is 90.0 Å². The van der Waals surface area contributed by atoms with Crippen molar-refractivity contribution in [3.8, 4) is 5.75 Å². The molecule has 176 valence electrons. The van der Waals surface area contributed by atoms with Gasteiger partial charge in [0, 0.05) is 23.7 Å². The van der Waals surface area contributed by atoms with E-state index in [0.717, 1.165) is 42.4 Å². The van der Waals surface area contributed by atoms with E-state index in [2.05, 4.69) is 21.8 Å². The van der Waals surface area contributed by atoms with Gasteiger partial charge in [-0.05, 0) is 62.4 Å². The van der Waals surface area contributed by atoms with Gasteiger partial charge in [-0.15, -0.1) is 6.58 Å². The van der Waals surface area contributed by atoms with E-state index < -0.39 is 18.2 Å². The van der Waals surface area contributed by atoms with Gasteiger partial charge in [0.25, 0.3) is 0 Å². The van der Waals surface area contributed by atoms with Crippen LogP contribution < -0.4 is 10.1 Å². The fourth-order valence-corrected chi connectivity index (χ4v) is 5.08. The number of esters is 1. The van der Waals surface area contributed by atoms with Crippen molar-refractivity contribution in [3.05, 3.63) is 48.7 Å². The molecular formula is C25H31N3O5. The van der Waals surface area contributed by atoms with Gasteiger partial charge in [-0.25, -0.2) is 4.79 Å². The molecule has 2 bridgehead atoms. The second kappa shape index (κ2) is 10.2. The van der Waals surface area contributed by atoms with Crippen molar-refractivity contribution in [2.75, 3.05) is 33.4 Å². The van der Waals surface area contributed by atoms with Crippen molar-refractivity contribution in [2.45, 2.75) is 31.9 Å². The Hall–Kier alpha value is -3.13. The largest absolute Gasteiger partial charge is 0.497 e. The molecule has 2 aromatic rings. The molecule has 0 saturated carbocycles. The number of methoxy groups -OCH3 is 1. The van der Waals surface area contributed by atoms with Crippen LogP contribution in [0, 0.1) is 11.8 Å². The van der Waals surface area contributed by atoms with E-state index in [9.17, 15) is 9.59 Å². The van der Waals surface area contributed by atoms with Crippen LogP contribution in [0.2, 0.25) is 0 Å². The van der Waals surface area contributed by atoms with Gasteiger partial charge in [-0.3, -0.25) is 14.7 Å². The predicted molar refractivity (Wildman–Crippen MR) is 124 cm³/mol. The van der Waals surface area contributed by atoms with Crippen molar-refractivity contribution in [3.63, 3.8) is 0 Å². The summed E-state index contributed by atoms with van der Waals surface area (Å²) < 4.78 is 16.3. The number of nitrogens with zero attached hydrogens (tertiary/aromatic N) is 2. The third-order valence-corrected chi connectivity index (χ3v) is 6.71. The summed E-state index contributed by atoms with van der Waals surface area (Å²) in [5.74, 6) is 1.16. The molecule has 5 unspecified atom stereocenters. The summed E-state index contributed by atoms with van der Waals surface area (Å²) >= 11 is 0. The summed E-state index contributed by atoms with van der Waals surface area (Å²) in [6.45, 7) is 7.60. The van der Waals surface area contributed by atoms with Crippen molar-refractivity contribution in [2.24, 2.45) is 11.8 Å². The third-order valence-electron chi connectivity index (χ3n) is 6.71. The highest BCUT2D eigenvalue weighted by molar-refractivity contribution is 5.84. The average Bonchev–Trinajstić information content (AvgIpc) is 2.85. The van der Waals surface area contributed by atoms with E-state index in [-0.39, 0.29) is 19.2 Å². The van der Waals surface area contributed by atoms with E-state index in [1.165, 1.54) is 0 Å². The van der Waals surface area contributed by atoms with Crippen LogP contribution in [0.4, 0.5) is 4.79 Å². The number of benzene rings is 1. The lowest BCUT2D eigenvalue weighted by molar-refractivity contribution is -0.142. The Balaban J connectivity index is 1.65. The molecule has 3 aliphatic heterocycles. The van der Waals surface area contributed by atoms with Gasteiger partial charge in [0.15, 0.2) is 0 Å². The zero-order chi connectivity index (χ0) is 23.4. The summed E-state index contributed by atoms with van der Waals surface area (Å²) in [6, 6.07) is 7.61. The minimum absolute atomic E-state index is 0.0186. The zero-order valence-electron chi connectivity index (χ0n) is 19.2. The van der Waals surface area contributed by atoms with Crippen molar-refractivity contribution in [1.29, 1.82) is 0 Å². The SMILES string of the molecule is C=CC1CN2CCC1CC2C(OC(=O)NCC(=O)OCC)c1ccnc2ccc(OC)cc12. The van der Waals surface area contributed by atoms with Crippen LogP contribution in [0.1, 0.15) is 31.4 Å². The number of hydrogen-bond acceptors (Lipinski definition) is 7. The van der Waals surface area contributed by atoms with Crippen molar-refractivity contribution >= 4 is 23.0 Å². The molecule has 3 saturated heterocycles. The Morgan fingerprint density at radius 2 is 2.21 bits per heavy atom. The Morgan fingerprint density at radius 1 is 1.36 bits per heavy atom. The summed E-state index contributed by atoms with van der Waals surface area (Å²) in [7, 11) is 1.62. The second-order valence-corrected chi connectivity index (χ2v) is 8.51. The minimum atomic E-state index is -0.649. The first-order chi connectivity index (χ1) is 16.0. The fourth-order valence-electron chi connectivity index (χ4n) is 5.08. The summed E-state index contributed by atoms with van der Waals surface area (Å²) in [5, 5.41) is 3.41. The number of amides is 1. The van der Waals surface area contributed by atoms with E-state index in [1.54, 1.807) is 20.2 Å². The molecule has 0 aliphatic carbocycles. The molecule has 8 heteroatoms. The Morgan fingerprint density at radius 3 is 2.91 bits per heavy atom. The standard InChI is InChI=1S/C25H31N3O5/c1-4-16-15-28-11-9-17(16)12-22(28)24(33-25(30)27-14-23(29)32-5-2)19-8-10-26-21-7-6-18(31-3)13-20(19)21/h4,6-8,10,13,16-17,22,24H,1,5,9,11-12,14-15H2,2-3H3,(H,27,30). The molecule has 5 atom stereocenters. The highest BCUT2D eigenvalue weighted by Gasteiger charge is 2.44. The van der Waals surface area contributed by atoms with Crippen LogP contribution in [0.25, 0.3) is 10.9 Å². The molecule has 3 fully saturated rings. The Labute approximate surface area is 193 Å². The van der Waals surface area contributed by atoms with Crippen LogP contribution in [0.3, 0.4) is 0 Å². The molecule has 1 N–H and O–H groups in total. The maximum atomic E-state index is 12.7. The van der Waals surface area contributed by atoms with Gasteiger partial charge in [-0.2, -0.15) is 0 Å². The first-order valence-corrected chi connectivity index (χ1v) is 11.4. The van der Waals surface area contributed by atoms with Gasteiger partial charge in [0.2, 0.25) is 0 Å². The number of alkyl carbamates (subject to hydrolysis) is 1. The maximum absolute atomic E-state index is 12.7. The molecule has 4 heterocycles. The van der Waals surface area contributed by atoms with Gasteiger partial charge in [-0.1, -0.05) is 6.08 Å². The number of nitrogens with one attached hydrogen (secondary N) is 1. The first-order valence-electron chi connectivity index (χ1n) is 11.4. The molecule has 3 aliphatic rings. The number of aromatic nitrogens is 1. The molecule has 33 heavy (non-hydrogen) atoms. The van der Waals surface area contributed by atoms with Crippen LogP contribution in [0.5, 0.6) is 5.75 Å². The second-order valence-electron chi connectivity index (χ2n) is 8.51. The molecular weight excluding hydrogens is 422 g/mol. The molecule has 5 rings (SSSR count). The fraction of sp³-hybridized carbons (Fsp3) is 0.480. The molecule has 0 radical (unpaired) electrons. The number of pyridine rings is 1. The minimum Gasteiger partial charge on any atom is -0.497 e. The summed E-state index contributed by atoms with van der Waals surface area (Å²) in [5.41, 5.74) is 1.67. The van der Waals surface area contributed by atoms with E-state index in [0.29, 0.717) is 17.6 Å². The maximum Gasteiger partial charge on any atom is 0.408 e. The average molecular weight is 454 g/mol. The quantitative estimate of drug-likeness (QED) is 0.483. The zero-order valence-corrected chi connectivity index (χ0v) is 19.2. The summed E-state index contributed by atoms with van der Waals surface area (Å²) in [6.07, 6.45) is 4.61. The number of rotatable bonds is 8. The van der Waals surface area contributed by atoms with Gasteiger partial charge < -0.3 is 19.5 Å². The molecule has 8 nitrogen and oxygen atoms in total. The van der Waals surface area contributed by atoms with Gasteiger partial charge in [0.05, 0.1) is 25.3 Å². The first kappa shape index (κ1) is 23.0. The number of carbonyl (C=O) groups excluding carboxylic acids is 2. The van der Waals surface area contributed by atoms with Crippen molar-refractivity contribution < 1.29 is 23.8 Å².